The number of Topliss-reactive ketones (excluding diaryl/α,β-unsaturated/α-hetero) is 1. The van der Waals surface area contributed by atoms with Crippen molar-refractivity contribution in [1.82, 2.24) is 14.9 Å². The molecule has 194 valence electrons. The molecular formula is C27H33F2N3O3S. The average molecular weight is 518 g/mol. The summed E-state index contributed by atoms with van der Waals surface area (Å²) in [6.07, 6.45) is 7.16. The lowest BCUT2D eigenvalue weighted by Crippen LogP contribution is -2.32. The van der Waals surface area contributed by atoms with E-state index in [1.165, 1.54) is 11.3 Å². The number of nitrogens with zero attached hydrogens (tertiary/aromatic N) is 3. The minimum absolute atomic E-state index is 0.188. The van der Waals surface area contributed by atoms with E-state index in [1.54, 1.807) is 0 Å². The molecule has 0 bridgehead atoms. The van der Waals surface area contributed by atoms with Gasteiger partial charge < -0.3 is 9.15 Å². The topological polar surface area (TPSA) is 68.5 Å². The third-order valence-electron chi connectivity index (χ3n) is 7.35. The van der Waals surface area contributed by atoms with Gasteiger partial charge in [0.25, 0.3) is 11.1 Å². The average Bonchev–Trinajstić information content (AvgIpc) is 3.42. The molecule has 5 rings (SSSR count). The van der Waals surface area contributed by atoms with Crippen LogP contribution in [0.4, 0.5) is 8.78 Å². The van der Waals surface area contributed by atoms with Crippen molar-refractivity contribution >= 4 is 28.2 Å². The quantitative estimate of drug-likeness (QED) is 0.304. The molecular weight excluding hydrogens is 484 g/mol. The van der Waals surface area contributed by atoms with Gasteiger partial charge in [0, 0.05) is 43.8 Å². The number of carbonyl (C=O) groups is 1. The van der Waals surface area contributed by atoms with Crippen molar-refractivity contribution in [2.45, 2.75) is 71.3 Å². The Bertz CT molecular complexity index is 1210. The van der Waals surface area contributed by atoms with Gasteiger partial charge in [-0.3, -0.25) is 9.69 Å². The van der Waals surface area contributed by atoms with Crippen LogP contribution in [0.25, 0.3) is 11.1 Å². The normalized spacial score (nSPS) is 21.0. The first-order valence-electron chi connectivity index (χ1n) is 12.8. The summed E-state index contributed by atoms with van der Waals surface area (Å²) >= 11 is 1.40. The Morgan fingerprint density at radius 1 is 1.22 bits per heavy atom. The van der Waals surface area contributed by atoms with E-state index in [2.05, 4.69) is 14.9 Å². The fraction of sp³-hybridized carbons (Fsp3) is 0.593. The van der Waals surface area contributed by atoms with Crippen LogP contribution in [0.5, 0.6) is 5.19 Å². The monoisotopic (exact) mass is 517 g/mol. The number of fused-ring (bicyclic) bond motifs is 2. The third kappa shape index (κ3) is 6.29. The molecule has 36 heavy (non-hydrogen) atoms. The molecule has 1 aromatic carbocycles. The Balaban J connectivity index is 1.04. The van der Waals surface area contributed by atoms with Crippen LogP contribution in [0.2, 0.25) is 0 Å². The number of ether oxygens (including phenoxy) is 1. The smallest absolute Gasteiger partial charge is 0.278 e. The summed E-state index contributed by atoms with van der Waals surface area (Å²) in [6.45, 7) is 4.78. The fourth-order valence-electron chi connectivity index (χ4n) is 5.35. The van der Waals surface area contributed by atoms with Gasteiger partial charge in [0.1, 0.15) is 5.52 Å². The zero-order chi connectivity index (χ0) is 25.3. The van der Waals surface area contributed by atoms with E-state index >= 15 is 0 Å². The number of oxazole rings is 1. The molecule has 0 atom stereocenters. The number of thiazole rings is 1. The first-order chi connectivity index (χ1) is 17.2. The highest BCUT2D eigenvalue weighted by Gasteiger charge is 2.27. The summed E-state index contributed by atoms with van der Waals surface area (Å²) in [5.41, 5.74) is 3.15. The maximum absolute atomic E-state index is 13.1. The molecule has 0 spiro atoms. The maximum atomic E-state index is 13.1. The molecule has 0 radical (unpaired) electrons. The molecule has 1 aliphatic heterocycles. The number of carbonyl (C=O) groups excluding carboxylic acids is 1. The predicted molar refractivity (Wildman–Crippen MR) is 135 cm³/mol. The number of hydrogen-bond acceptors (Lipinski definition) is 7. The number of aromatic nitrogens is 2. The van der Waals surface area contributed by atoms with Crippen LogP contribution < -0.4 is 4.74 Å². The summed E-state index contributed by atoms with van der Waals surface area (Å²) < 4.78 is 36.9. The molecule has 0 N–H and O–H groups in total. The number of halogens is 2. The lowest BCUT2D eigenvalue weighted by Gasteiger charge is -2.31. The molecule has 3 heterocycles. The Morgan fingerprint density at radius 3 is 2.78 bits per heavy atom. The van der Waals surface area contributed by atoms with Gasteiger partial charge in [-0.05, 0) is 62.3 Å². The maximum Gasteiger partial charge on any atom is 0.278 e. The molecule has 9 heteroatoms. The van der Waals surface area contributed by atoms with Crippen LogP contribution in [0.3, 0.4) is 0 Å². The number of ketones is 1. The highest BCUT2D eigenvalue weighted by Crippen LogP contribution is 2.35. The summed E-state index contributed by atoms with van der Waals surface area (Å²) in [5, 5.41) is 0.354. The Hall–Kier alpha value is -2.39. The van der Waals surface area contributed by atoms with E-state index in [9.17, 15) is 13.6 Å². The minimum Gasteiger partial charge on any atom is -0.464 e. The van der Waals surface area contributed by atoms with E-state index < -0.39 is 12.5 Å². The fourth-order valence-corrected chi connectivity index (χ4v) is 6.26. The Kier molecular flexibility index (Phi) is 7.40. The molecule has 0 amide bonds. The molecule has 1 aliphatic carbocycles. The standard InChI is InChI=1S/C27H33F2N3O3S/c1-17-30-21-8-7-20(14-24(21)35-17)23(33)13-19-5-3-18(4-6-19)9-11-32-12-10-25-22(15-32)31-26(36-25)34-16-27(2,28)29/h7-8,14,18-19H,3-6,9-13,15-16H2,1-2H3. The van der Waals surface area contributed by atoms with Gasteiger partial charge in [-0.15, -0.1) is 0 Å². The summed E-state index contributed by atoms with van der Waals surface area (Å²) in [6, 6.07) is 5.55. The first-order valence-corrected chi connectivity index (χ1v) is 13.7. The Morgan fingerprint density at radius 2 is 2.00 bits per heavy atom. The van der Waals surface area contributed by atoms with Crippen molar-refractivity contribution < 1.29 is 22.7 Å². The molecule has 2 aromatic heterocycles. The van der Waals surface area contributed by atoms with Crippen LogP contribution in [-0.4, -0.2) is 46.3 Å². The molecule has 3 aromatic rings. The van der Waals surface area contributed by atoms with Crippen LogP contribution in [-0.2, 0) is 13.0 Å². The van der Waals surface area contributed by atoms with Crippen molar-refractivity contribution in [2.75, 3.05) is 19.7 Å². The van der Waals surface area contributed by atoms with Crippen molar-refractivity contribution in [3.05, 3.63) is 40.2 Å². The van der Waals surface area contributed by atoms with Crippen LogP contribution in [0.15, 0.2) is 22.6 Å². The van der Waals surface area contributed by atoms with Crippen LogP contribution >= 0.6 is 11.3 Å². The number of rotatable bonds is 9. The lowest BCUT2D eigenvalue weighted by molar-refractivity contribution is -0.0230. The number of aryl methyl sites for hydroxylation is 1. The van der Waals surface area contributed by atoms with E-state index in [0.29, 0.717) is 40.5 Å². The van der Waals surface area contributed by atoms with Gasteiger partial charge >= 0.3 is 0 Å². The lowest BCUT2D eigenvalue weighted by atomic mass is 9.78. The second-order valence-corrected chi connectivity index (χ2v) is 11.5. The summed E-state index contributed by atoms with van der Waals surface area (Å²) in [5.74, 6) is -0.916. The first kappa shape index (κ1) is 25.3. The number of hydrogen-bond donors (Lipinski definition) is 0. The van der Waals surface area contributed by atoms with E-state index in [1.807, 2.05) is 25.1 Å². The van der Waals surface area contributed by atoms with Gasteiger partial charge in [0.2, 0.25) is 0 Å². The molecule has 0 unspecified atom stereocenters. The van der Waals surface area contributed by atoms with Gasteiger partial charge in [0.05, 0.1) is 5.69 Å². The molecule has 0 saturated heterocycles. The second-order valence-electron chi connectivity index (χ2n) is 10.5. The molecule has 1 saturated carbocycles. The summed E-state index contributed by atoms with van der Waals surface area (Å²) in [7, 11) is 0. The van der Waals surface area contributed by atoms with E-state index in [4.69, 9.17) is 9.15 Å². The SMILES string of the molecule is Cc1nc2ccc(C(=O)CC3CCC(CCN4CCc5sc(OCC(C)(F)F)nc5C4)CC3)cc2o1. The van der Waals surface area contributed by atoms with E-state index in [-0.39, 0.29) is 5.78 Å². The number of alkyl halides is 2. The van der Waals surface area contributed by atoms with Crippen molar-refractivity contribution in [3.63, 3.8) is 0 Å². The van der Waals surface area contributed by atoms with E-state index in [0.717, 1.165) is 81.2 Å². The van der Waals surface area contributed by atoms with Gasteiger partial charge in [-0.2, -0.15) is 0 Å². The molecule has 6 nitrogen and oxygen atoms in total. The predicted octanol–water partition coefficient (Wildman–Crippen LogP) is 6.45. The minimum atomic E-state index is -2.85. The molecule has 2 aliphatic rings. The number of benzene rings is 1. The second kappa shape index (κ2) is 10.5. The van der Waals surface area contributed by atoms with Gasteiger partial charge in [-0.1, -0.05) is 24.2 Å². The van der Waals surface area contributed by atoms with Crippen molar-refractivity contribution in [2.24, 2.45) is 11.8 Å². The zero-order valence-corrected chi connectivity index (χ0v) is 21.7. The van der Waals surface area contributed by atoms with Crippen molar-refractivity contribution in [3.8, 4) is 5.19 Å². The van der Waals surface area contributed by atoms with Crippen molar-refractivity contribution in [1.29, 1.82) is 0 Å². The van der Waals surface area contributed by atoms with Crippen LogP contribution in [0, 0.1) is 18.8 Å². The highest BCUT2D eigenvalue weighted by molar-refractivity contribution is 7.13. The highest BCUT2D eigenvalue weighted by atomic mass is 32.1. The Labute approximate surface area is 214 Å². The van der Waals surface area contributed by atoms with Gasteiger partial charge in [-0.25, -0.2) is 18.7 Å². The summed E-state index contributed by atoms with van der Waals surface area (Å²) in [4.78, 5) is 25.2. The molecule has 1 fully saturated rings. The van der Waals surface area contributed by atoms with Gasteiger partial charge in [0.15, 0.2) is 23.9 Å². The largest absolute Gasteiger partial charge is 0.464 e. The zero-order valence-electron chi connectivity index (χ0n) is 20.9. The third-order valence-corrected chi connectivity index (χ3v) is 8.42. The van der Waals surface area contributed by atoms with Crippen LogP contribution in [0.1, 0.15) is 72.3 Å².